The van der Waals surface area contributed by atoms with Crippen LogP contribution in [0.5, 0.6) is 0 Å². The van der Waals surface area contributed by atoms with Gasteiger partial charge in [0.25, 0.3) is 0 Å². The Morgan fingerprint density at radius 1 is 1.29 bits per heavy atom. The van der Waals surface area contributed by atoms with Gasteiger partial charge >= 0.3 is 0 Å². The Bertz CT molecular complexity index is 602. The molecule has 1 aromatic carbocycles. The SMILES string of the molecule is C[Si](C)(C)CCOCn1cnc(-c2ccccc2C=O)c1. The van der Waals surface area contributed by atoms with E-state index in [1.165, 1.54) is 0 Å². The molecule has 0 aliphatic carbocycles. The van der Waals surface area contributed by atoms with Gasteiger partial charge in [0.1, 0.15) is 6.73 Å². The Morgan fingerprint density at radius 3 is 2.76 bits per heavy atom. The molecule has 0 saturated carbocycles. The minimum atomic E-state index is -1.04. The maximum absolute atomic E-state index is 11.1. The van der Waals surface area contributed by atoms with Crippen molar-refractivity contribution in [2.45, 2.75) is 32.4 Å². The molecular weight excluding hydrogens is 280 g/mol. The van der Waals surface area contributed by atoms with E-state index in [9.17, 15) is 4.79 Å². The normalized spacial score (nSPS) is 11.6. The molecule has 0 bridgehead atoms. The summed E-state index contributed by atoms with van der Waals surface area (Å²) in [4.78, 5) is 15.4. The molecule has 0 fully saturated rings. The van der Waals surface area contributed by atoms with E-state index in [4.69, 9.17) is 4.74 Å². The minimum absolute atomic E-state index is 0.501. The molecule has 1 heterocycles. The minimum Gasteiger partial charge on any atom is -0.361 e. The van der Waals surface area contributed by atoms with Crippen molar-refractivity contribution in [3.8, 4) is 11.3 Å². The van der Waals surface area contributed by atoms with Crippen molar-refractivity contribution in [2.75, 3.05) is 6.61 Å². The Balaban J connectivity index is 1.97. The Kier molecular flexibility index (Phi) is 5.09. The third kappa shape index (κ3) is 4.65. The molecule has 0 aliphatic heterocycles. The molecule has 112 valence electrons. The number of hydrogen-bond donors (Lipinski definition) is 0. The van der Waals surface area contributed by atoms with Crippen LogP contribution in [0.3, 0.4) is 0 Å². The first-order valence-electron chi connectivity index (χ1n) is 7.14. The lowest BCUT2D eigenvalue weighted by molar-refractivity contribution is 0.0871. The Morgan fingerprint density at radius 2 is 2.05 bits per heavy atom. The summed E-state index contributed by atoms with van der Waals surface area (Å²) in [5.74, 6) is 0. The molecule has 0 radical (unpaired) electrons. The van der Waals surface area contributed by atoms with Crippen molar-refractivity contribution in [3.05, 3.63) is 42.4 Å². The largest absolute Gasteiger partial charge is 0.361 e. The molecule has 5 heteroatoms. The number of nitrogens with zero attached hydrogens (tertiary/aromatic N) is 2. The second kappa shape index (κ2) is 6.82. The van der Waals surface area contributed by atoms with Crippen LogP contribution in [-0.2, 0) is 11.5 Å². The first kappa shape index (κ1) is 15.7. The topological polar surface area (TPSA) is 44.1 Å². The van der Waals surface area contributed by atoms with E-state index in [0.717, 1.165) is 30.2 Å². The highest BCUT2D eigenvalue weighted by Gasteiger charge is 2.12. The molecular formula is C16H22N2O2Si. The van der Waals surface area contributed by atoms with Crippen LogP contribution in [-0.4, -0.2) is 30.5 Å². The van der Waals surface area contributed by atoms with Gasteiger partial charge in [0, 0.05) is 32.0 Å². The van der Waals surface area contributed by atoms with Crippen LogP contribution < -0.4 is 0 Å². The fraction of sp³-hybridized carbons (Fsp3) is 0.375. The van der Waals surface area contributed by atoms with E-state index in [-0.39, 0.29) is 0 Å². The number of ether oxygens (including phenoxy) is 1. The number of carbonyl (C=O) groups excluding carboxylic acids is 1. The van der Waals surface area contributed by atoms with Crippen LogP contribution >= 0.6 is 0 Å². The summed E-state index contributed by atoms with van der Waals surface area (Å²) in [6.45, 7) is 8.29. The van der Waals surface area contributed by atoms with Crippen LogP contribution in [0.1, 0.15) is 10.4 Å². The predicted octanol–water partition coefficient (Wildman–Crippen LogP) is 3.67. The van der Waals surface area contributed by atoms with Crippen LogP contribution in [0, 0.1) is 0 Å². The van der Waals surface area contributed by atoms with E-state index in [2.05, 4.69) is 24.6 Å². The number of benzene rings is 1. The molecule has 2 rings (SSSR count). The first-order chi connectivity index (χ1) is 9.99. The second-order valence-corrected chi connectivity index (χ2v) is 11.9. The van der Waals surface area contributed by atoms with Gasteiger partial charge in [-0.2, -0.15) is 0 Å². The lowest BCUT2D eigenvalue weighted by atomic mass is 10.1. The summed E-state index contributed by atoms with van der Waals surface area (Å²) in [5.41, 5.74) is 2.31. The number of aldehydes is 1. The first-order valence-corrected chi connectivity index (χ1v) is 10.8. The molecule has 2 aromatic rings. The van der Waals surface area contributed by atoms with Gasteiger partial charge in [-0.1, -0.05) is 43.9 Å². The molecule has 0 unspecified atom stereocenters. The molecule has 4 nitrogen and oxygen atoms in total. The molecule has 0 N–H and O–H groups in total. The fourth-order valence-electron chi connectivity index (χ4n) is 1.95. The highest BCUT2D eigenvalue weighted by atomic mass is 28.3. The van der Waals surface area contributed by atoms with Crippen LogP contribution in [0.15, 0.2) is 36.8 Å². The monoisotopic (exact) mass is 302 g/mol. The Hall–Kier alpha value is -1.72. The summed E-state index contributed by atoms with van der Waals surface area (Å²) in [6.07, 6.45) is 4.51. The zero-order valence-electron chi connectivity index (χ0n) is 12.9. The van der Waals surface area contributed by atoms with Crippen LogP contribution in [0.2, 0.25) is 25.7 Å². The van der Waals surface area contributed by atoms with Crippen molar-refractivity contribution in [3.63, 3.8) is 0 Å². The number of carbonyl (C=O) groups is 1. The zero-order chi connectivity index (χ0) is 15.3. The van der Waals surface area contributed by atoms with E-state index in [1.54, 1.807) is 12.4 Å². The van der Waals surface area contributed by atoms with Crippen molar-refractivity contribution in [1.82, 2.24) is 9.55 Å². The molecule has 0 amide bonds. The second-order valence-electron chi connectivity index (χ2n) is 6.33. The predicted molar refractivity (Wildman–Crippen MR) is 87.2 cm³/mol. The Labute approximate surface area is 126 Å². The summed E-state index contributed by atoms with van der Waals surface area (Å²) in [7, 11) is -1.04. The fourth-order valence-corrected chi connectivity index (χ4v) is 2.71. The van der Waals surface area contributed by atoms with Crippen molar-refractivity contribution in [2.24, 2.45) is 0 Å². The number of imidazole rings is 1. The number of hydrogen-bond acceptors (Lipinski definition) is 3. The molecule has 21 heavy (non-hydrogen) atoms. The molecule has 0 atom stereocenters. The molecule has 1 aromatic heterocycles. The van der Waals surface area contributed by atoms with Crippen molar-refractivity contribution < 1.29 is 9.53 Å². The third-order valence-corrected chi connectivity index (χ3v) is 4.94. The van der Waals surface area contributed by atoms with Crippen molar-refractivity contribution >= 4 is 14.4 Å². The smallest absolute Gasteiger partial charge is 0.150 e. The zero-order valence-corrected chi connectivity index (χ0v) is 13.9. The average molecular weight is 302 g/mol. The quantitative estimate of drug-likeness (QED) is 0.445. The molecule has 0 aliphatic rings. The van der Waals surface area contributed by atoms with E-state index in [1.807, 2.05) is 29.0 Å². The maximum Gasteiger partial charge on any atom is 0.150 e. The van der Waals surface area contributed by atoms with Crippen molar-refractivity contribution in [1.29, 1.82) is 0 Å². The highest BCUT2D eigenvalue weighted by molar-refractivity contribution is 6.76. The summed E-state index contributed by atoms with van der Waals surface area (Å²) < 4.78 is 7.59. The maximum atomic E-state index is 11.1. The highest BCUT2D eigenvalue weighted by Crippen LogP contribution is 2.20. The lowest BCUT2D eigenvalue weighted by Crippen LogP contribution is -2.21. The van der Waals surface area contributed by atoms with Crippen LogP contribution in [0.4, 0.5) is 0 Å². The van der Waals surface area contributed by atoms with E-state index >= 15 is 0 Å². The number of aromatic nitrogens is 2. The van der Waals surface area contributed by atoms with Gasteiger partial charge in [0.15, 0.2) is 6.29 Å². The van der Waals surface area contributed by atoms with Gasteiger partial charge in [-0.05, 0) is 6.04 Å². The third-order valence-electron chi connectivity index (χ3n) is 3.23. The van der Waals surface area contributed by atoms with Gasteiger partial charge in [0.05, 0.1) is 12.0 Å². The van der Waals surface area contributed by atoms with Gasteiger partial charge in [-0.25, -0.2) is 4.98 Å². The number of rotatable bonds is 7. The summed E-state index contributed by atoms with van der Waals surface area (Å²) in [6, 6.07) is 8.62. The molecule has 0 saturated heterocycles. The standard InChI is InChI=1S/C16H22N2O2Si/c1-21(2,3)9-8-20-13-18-10-16(17-12-18)15-7-5-4-6-14(15)11-19/h4-7,10-12H,8-9,13H2,1-3H3. The van der Waals surface area contributed by atoms with E-state index < -0.39 is 8.07 Å². The summed E-state index contributed by atoms with van der Waals surface area (Å²) >= 11 is 0. The summed E-state index contributed by atoms with van der Waals surface area (Å²) in [5, 5.41) is 0. The lowest BCUT2D eigenvalue weighted by Gasteiger charge is -2.15. The van der Waals surface area contributed by atoms with Crippen LogP contribution in [0.25, 0.3) is 11.3 Å². The molecule has 0 spiro atoms. The van der Waals surface area contributed by atoms with Gasteiger partial charge in [-0.15, -0.1) is 0 Å². The van der Waals surface area contributed by atoms with Gasteiger partial charge in [0.2, 0.25) is 0 Å². The van der Waals surface area contributed by atoms with E-state index in [0.29, 0.717) is 12.3 Å². The van der Waals surface area contributed by atoms with Gasteiger partial charge < -0.3 is 9.30 Å². The average Bonchev–Trinajstić information content (AvgIpc) is 2.91. The van der Waals surface area contributed by atoms with Gasteiger partial charge in [-0.3, -0.25) is 4.79 Å².